The zero-order valence-electron chi connectivity index (χ0n) is 12.5. The Morgan fingerprint density at radius 2 is 2.20 bits per heavy atom. The van der Waals surface area contributed by atoms with Gasteiger partial charge in [0.2, 0.25) is 0 Å². The van der Waals surface area contributed by atoms with E-state index < -0.39 is 6.10 Å². The fourth-order valence-corrected chi connectivity index (χ4v) is 3.59. The van der Waals surface area contributed by atoms with Crippen LogP contribution in [0.5, 0.6) is 0 Å². The Labute approximate surface area is 124 Å². The fourth-order valence-electron chi connectivity index (χ4n) is 2.50. The Hall–Kier alpha value is -0.910. The van der Waals surface area contributed by atoms with Gasteiger partial charge < -0.3 is 9.84 Å². The van der Waals surface area contributed by atoms with Crippen LogP contribution in [-0.4, -0.2) is 41.8 Å². The summed E-state index contributed by atoms with van der Waals surface area (Å²) in [6.45, 7) is 7.80. The monoisotopic (exact) mass is 297 g/mol. The first-order chi connectivity index (χ1) is 9.31. The number of aliphatic hydroxyl groups is 1. The molecule has 1 aromatic rings. The van der Waals surface area contributed by atoms with Crippen molar-refractivity contribution >= 4 is 17.3 Å². The normalized spacial score (nSPS) is 24.1. The Morgan fingerprint density at radius 1 is 1.50 bits per heavy atom. The minimum Gasteiger partial charge on any atom is -0.468 e. The number of hydrogen-bond acceptors (Lipinski definition) is 5. The molecule has 1 fully saturated rings. The standard InChI is InChI=1S/C15H23NO3S/c1-15(2,3)13-6-5-11(20-13)9-16-8-10(17)7-12(16)14(18)19-4/h5-6,10,12,17H,7-9H2,1-4H3/t10-,12+/m0/s1. The Bertz CT molecular complexity index is 478. The van der Waals surface area contributed by atoms with Crippen LogP contribution in [0.1, 0.15) is 36.9 Å². The first kappa shape index (κ1) is 15.5. The second-order valence-corrected chi connectivity index (χ2v) is 7.54. The Kier molecular flexibility index (Phi) is 4.52. The van der Waals surface area contributed by atoms with Crippen LogP contribution in [0.2, 0.25) is 0 Å². The van der Waals surface area contributed by atoms with Crippen molar-refractivity contribution < 1.29 is 14.6 Å². The molecule has 4 nitrogen and oxygen atoms in total. The highest BCUT2D eigenvalue weighted by atomic mass is 32.1. The van der Waals surface area contributed by atoms with E-state index in [0.29, 0.717) is 19.5 Å². The summed E-state index contributed by atoms with van der Waals surface area (Å²) in [5.41, 5.74) is 0.148. The number of carbonyl (C=O) groups excluding carboxylic acids is 1. The van der Waals surface area contributed by atoms with E-state index in [0.717, 1.165) is 0 Å². The average Bonchev–Trinajstić information content (AvgIpc) is 2.95. The molecule has 0 spiro atoms. The first-order valence-electron chi connectivity index (χ1n) is 6.90. The van der Waals surface area contributed by atoms with E-state index in [-0.39, 0.29) is 17.4 Å². The lowest BCUT2D eigenvalue weighted by Crippen LogP contribution is -2.36. The minimum absolute atomic E-state index is 0.148. The maximum absolute atomic E-state index is 11.8. The molecular formula is C15H23NO3S. The highest BCUT2D eigenvalue weighted by Crippen LogP contribution is 2.31. The summed E-state index contributed by atoms with van der Waals surface area (Å²) < 4.78 is 4.82. The lowest BCUT2D eigenvalue weighted by molar-refractivity contribution is -0.146. The second kappa shape index (κ2) is 5.84. The molecule has 0 amide bonds. The third kappa shape index (κ3) is 3.40. The van der Waals surface area contributed by atoms with Crippen LogP contribution in [0, 0.1) is 0 Å². The van der Waals surface area contributed by atoms with Crippen molar-refractivity contribution in [2.24, 2.45) is 0 Å². The van der Waals surface area contributed by atoms with E-state index in [1.54, 1.807) is 11.3 Å². The van der Waals surface area contributed by atoms with Gasteiger partial charge in [0, 0.05) is 29.3 Å². The number of carbonyl (C=O) groups is 1. The molecule has 0 aliphatic carbocycles. The summed E-state index contributed by atoms with van der Waals surface area (Å²) in [4.78, 5) is 16.3. The molecule has 2 rings (SSSR count). The molecule has 1 aliphatic heterocycles. The molecule has 0 aromatic carbocycles. The minimum atomic E-state index is -0.443. The van der Waals surface area contributed by atoms with Gasteiger partial charge in [-0.25, -0.2) is 0 Å². The van der Waals surface area contributed by atoms with Crippen LogP contribution in [-0.2, 0) is 21.5 Å². The number of methoxy groups -OCH3 is 1. The van der Waals surface area contributed by atoms with E-state index >= 15 is 0 Å². The number of aliphatic hydroxyl groups excluding tert-OH is 1. The summed E-state index contributed by atoms with van der Waals surface area (Å²) in [7, 11) is 1.40. The summed E-state index contributed by atoms with van der Waals surface area (Å²) in [5, 5.41) is 9.78. The van der Waals surface area contributed by atoms with Crippen LogP contribution >= 0.6 is 11.3 Å². The molecule has 0 unspecified atom stereocenters. The van der Waals surface area contributed by atoms with Gasteiger partial charge >= 0.3 is 5.97 Å². The molecular weight excluding hydrogens is 274 g/mol. The summed E-state index contributed by atoms with van der Waals surface area (Å²) in [6.07, 6.45) is 0.0191. The van der Waals surface area contributed by atoms with Crippen molar-refractivity contribution in [3.8, 4) is 0 Å². The van der Waals surface area contributed by atoms with E-state index in [1.165, 1.54) is 16.9 Å². The number of rotatable bonds is 3. The molecule has 2 heterocycles. The van der Waals surface area contributed by atoms with E-state index in [2.05, 4.69) is 32.9 Å². The highest BCUT2D eigenvalue weighted by molar-refractivity contribution is 7.12. The van der Waals surface area contributed by atoms with Gasteiger partial charge in [0.1, 0.15) is 6.04 Å². The molecule has 112 valence electrons. The number of likely N-dealkylation sites (tertiary alicyclic amines) is 1. The third-order valence-electron chi connectivity index (χ3n) is 3.61. The van der Waals surface area contributed by atoms with Crippen molar-refractivity contribution in [2.75, 3.05) is 13.7 Å². The van der Waals surface area contributed by atoms with Gasteiger partial charge in [0.25, 0.3) is 0 Å². The highest BCUT2D eigenvalue weighted by Gasteiger charge is 2.36. The quantitative estimate of drug-likeness (QED) is 0.869. The van der Waals surface area contributed by atoms with Crippen LogP contribution in [0.15, 0.2) is 12.1 Å². The Morgan fingerprint density at radius 3 is 2.75 bits per heavy atom. The molecule has 1 N–H and O–H groups in total. The zero-order valence-corrected chi connectivity index (χ0v) is 13.4. The SMILES string of the molecule is COC(=O)[C@H]1C[C@H](O)CN1Cc1ccc(C(C)(C)C)s1. The van der Waals surface area contributed by atoms with Gasteiger partial charge in [-0.2, -0.15) is 0 Å². The van der Waals surface area contributed by atoms with E-state index in [9.17, 15) is 9.90 Å². The van der Waals surface area contributed by atoms with Crippen molar-refractivity contribution in [3.63, 3.8) is 0 Å². The predicted octanol–water partition coefficient (Wildman–Crippen LogP) is 2.15. The molecule has 1 saturated heterocycles. The van der Waals surface area contributed by atoms with Gasteiger partial charge in [-0.1, -0.05) is 20.8 Å². The molecule has 20 heavy (non-hydrogen) atoms. The topological polar surface area (TPSA) is 49.8 Å². The molecule has 1 aliphatic rings. The fraction of sp³-hybridized carbons (Fsp3) is 0.667. The van der Waals surface area contributed by atoms with Crippen molar-refractivity contribution in [1.82, 2.24) is 4.90 Å². The van der Waals surface area contributed by atoms with Gasteiger partial charge in [-0.3, -0.25) is 9.69 Å². The van der Waals surface area contributed by atoms with Crippen molar-refractivity contribution in [1.29, 1.82) is 0 Å². The summed E-state index contributed by atoms with van der Waals surface area (Å²) in [6, 6.07) is 3.94. The number of thiophene rings is 1. The maximum atomic E-state index is 11.8. The van der Waals surface area contributed by atoms with Gasteiger partial charge in [0.15, 0.2) is 0 Å². The van der Waals surface area contributed by atoms with Crippen molar-refractivity contribution in [2.45, 2.75) is 51.3 Å². The van der Waals surface area contributed by atoms with Crippen LogP contribution in [0.3, 0.4) is 0 Å². The molecule has 2 atom stereocenters. The average molecular weight is 297 g/mol. The van der Waals surface area contributed by atoms with Crippen LogP contribution in [0.25, 0.3) is 0 Å². The van der Waals surface area contributed by atoms with Gasteiger partial charge in [0.05, 0.1) is 13.2 Å². The van der Waals surface area contributed by atoms with Gasteiger partial charge in [-0.15, -0.1) is 11.3 Å². The van der Waals surface area contributed by atoms with Crippen LogP contribution < -0.4 is 0 Å². The third-order valence-corrected chi connectivity index (χ3v) is 5.11. The Balaban J connectivity index is 2.08. The van der Waals surface area contributed by atoms with E-state index in [4.69, 9.17) is 4.74 Å². The number of esters is 1. The first-order valence-corrected chi connectivity index (χ1v) is 7.72. The molecule has 0 radical (unpaired) electrons. The largest absolute Gasteiger partial charge is 0.468 e. The predicted molar refractivity (Wildman–Crippen MR) is 79.9 cm³/mol. The lowest BCUT2D eigenvalue weighted by Gasteiger charge is -2.21. The zero-order chi connectivity index (χ0) is 14.9. The van der Waals surface area contributed by atoms with Crippen molar-refractivity contribution in [3.05, 3.63) is 21.9 Å². The molecule has 0 bridgehead atoms. The van der Waals surface area contributed by atoms with E-state index in [1.807, 2.05) is 4.90 Å². The van der Waals surface area contributed by atoms with Crippen LogP contribution in [0.4, 0.5) is 0 Å². The number of nitrogens with zero attached hydrogens (tertiary/aromatic N) is 1. The molecule has 1 aromatic heterocycles. The second-order valence-electron chi connectivity index (χ2n) is 6.37. The molecule has 0 saturated carbocycles. The summed E-state index contributed by atoms with van der Waals surface area (Å²) in [5.74, 6) is -0.255. The maximum Gasteiger partial charge on any atom is 0.323 e. The smallest absolute Gasteiger partial charge is 0.323 e. The summed E-state index contributed by atoms with van der Waals surface area (Å²) >= 11 is 1.77. The van der Waals surface area contributed by atoms with Gasteiger partial charge in [-0.05, 0) is 17.5 Å². The lowest BCUT2D eigenvalue weighted by atomic mass is 9.95. The number of β-amino-alcohol motifs (C(OH)–C–C–N with tert-alkyl or cyclic N) is 1. The number of ether oxygens (including phenoxy) is 1. The number of hydrogen-bond donors (Lipinski definition) is 1. The molecule has 5 heteroatoms.